The molecular weight excluding hydrogens is 414 g/mol. The Kier molecular flexibility index (Phi) is 6.51. The van der Waals surface area contributed by atoms with E-state index in [2.05, 4.69) is 25.3 Å². The first-order chi connectivity index (χ1) is 15.9. The Labute approximate surface area is 192 Å². The molecule has 0 aliphatic heterocycles. The highest BCUT2D eigenvalue weighted by atomic mass is 16.3. The predicted molar refractivity (Wildman–Crippen MR) is 125 cm³/mol. The van der Waals surface area contributed by atoms with Crippen LogP contribution in [-0.4, -0.2) is 30.9 Å². The van der Waals surface area contributed by atoms with Crippen LogP contribution in [0.5, 0.6) is 0 Å². The minimum Gasteiger partial charge on any atom is -0.382 e. The molecule has 2 N–H and O–H groups in total. The van der Waals surface area contributed by atoms with Gasteiger partial charge in [-0.25, -0.2) is 9.97 Å². The predicted octanol–water partition coefficient (Wildman–Crippen LogP) is 4.12. The number of pyridine rings is 2. The number of carbonyl (C=O) groups is 1. The smallest absolute Gasteiger partial charge is 0.251 e. The molecular formula is C26H25N5O2. The van der Waals surface area contributed by atoms with Gasteiger partial charge in [-0.2, -0.15) is 0 Å². The van der Waals surface area contributed by atoms with Gasteiger partial charge < -0.3 is 10.4 Å². The van der Waals surface area contributed by atoms with Crippen LogP contribution in [-0.2, 0) is 0 Å². The van der Waals surface area contributed by atoms with Crippen LogP contribution in [0.1, 0.15) is 57.6 Å². The molecule has 2 atom stereocenters. The Balaban J connectivity index is 1.69. The van der Waals surface area contributed by atoms with Crippen LogP contribution in [0.3, 0.4) is 0 Å². The van der Waals surface area contributed by atoms with Gasteiger partial charge in [-0.3, -0.25) is 14.8 Å². The van der Waals surface area contributed by atoms with Gasteiger partial charge in [-0.1, -0.05) is 12.1 Å². The maximum atomic E-state index is 13.2. The first-order valence-electron chi connectivity index (χ1n) is 10.7. The Morgan fingerprint density at radius 3 is 2.36 bits per heavy atom. The third-order valence-electron chi connectivity index (χ3n) is 5.36. The van der Waals surface area contributed by atoms with E-state index in [1.807, 2.05) is 45.0 Å². The summed E-state index contributed by atoms with van der Waals surface area (Å²) >= 11 is 0. The van der Waals surface area contributed by atoms with Crippen molar-refractivity contribution in [2.75, 3.05) is 0 Å². The summed E-state index contributed by atoms with van der Waals surface area (Å²) in [4.78, 5) is 30.3. The second kappa shape index (κ2) is 9.67. The molecule has 33 heavy (non-hydrogen) atoms. The van der Waals surface area contributed by atoms with Crippen LogP contribution in [0.15, 0.2) is 73.3 Å². The Morgan fingerprint density at radius 2 is 1.70 bits per heavy atom. The summed E-state index contributed by atoms with van der Waals surface area (Å²) in [6.45, 7) is 5.65. The quantitative estimate of drug-likeness (QED) is 0.469. The van der Waals surface area contributed by atoms with E-state index in [1.165, 1.54) is 0 Å². The van der Waals surface area contributed by atoms with Crippen molar-refractivity contribution >= 4 is 5.91 Å². The van der Waals surface area contributed by atoms with Gasteiger partial charge >= 0.3 is 0 Å². The highest BCUT2D eigenvalue weighted by Gasteiger charge is 2.19. The molecule has 3 heterocycles. The summed E-state index contributed by atoms with van der Waals surface area (Å²) in [7, 11) is 0. The van der Waals surface area contributed by atoms with E-state index < -0.39 is 6.10 Å². The molecule has 7 nitrogen and oxygen atoms in total. The Hall–Kier alpha value is -3.97. The van der Waals surface area contributed by atoms with Gasteiger partial charge in [0.2, 0.25) is 0 Å². The molecule has 0 fully saturated rings. The zero-order valence-electron chi connectivity index (χ0n) is 18.7. The SMILES string of the molecule is Cc1ccc(-c2cc(C(=O)N[C@H](C)c3cnc(C)nc3)cc(C(O)c3ccccn3)c2)nc1. The molecule has 0 aliphatic rings. The number of carbonyl (C=O) groups excluding carboxylic acids is 1. The minimum absolute atomic E-state index is 0.272. The van der Waals surface area contributed by atoms with Crippen LogP contribution < -0.4 is 5.32 Å². The number of hydrogen-bond acceptors (Lipinski definition) is 6. The summed E-state index contributed by atoms with van der Waals surface area (Å²) in [5.41, 5.74) is 4.77. The normalized spacial score (nSPS) is 12.7. The van der Waals surface area contributed by atoms with E-state index in [0.29, 0.717) is 28.3 Å². The number of hydrogen-bond donors (Lipinski definition) is 2. The molecule has 0 saturated carbocycles. The molecule has 1 aromatic carbocycles. The molecule has 0 radical (unpaired) electrons. The largest absolute Gasteiger partial charge is 0.382 e. The van der Waals surface area contributed by atoms with Crippen LogP contribution in [0, 0.1) is 13.8 Å². The van der Waals surface area contributed by atoms with Gasteiger partial charge in [0.05, 0.1) is 17.4 Å². The number of benzene rings is 1. The maximum absolute atomic E-state index is 13.2. The van der Waals surface area contributed by atoms with Crippen molar-refractivity contribution in [3.05, 3.63) is 107 Å². The minimum atomic E-state index is -0.980. The van der Waals surface area contributed by atoms with Crippen molar-refractivity contribution in [3.63, 3.8) is 0 Å². The fourth-order valence-electron chi connectivity index (χ4n) is 3.43. The van der Waals surface area contributed by atoms with Gasteiger partial charge in [0, 0.05) is 41.5 Å². The molecule has 0 bridgehead atoms. The zero-order valence-corrected chi connectivity index (χ0v) is 18.7. The molecule has 0 aliphatic carbocycles. The third-order valence-corrected chi connectivity index (χ3v) is 5.36. The van der Waals surface area contributed by atoms with E-state index >= 15 is 0 Å². The molecule has 1 amide bonds. The van der Waals surface area contributed by atoms with E-state index in [9.17, 15) is 9.90 Å². The standard InChI is InChI=1S/C26H25N5O2/c1-16-7-8-23(30-13-16)19-10-20(25(32)24-6-4-5-9-27-24)12-21(11-19)26(33)31-17(2)22-14-28-18(3)29-15-22/h4-15,17,25,32H,1-3H3,(H,31,33)/t17-,25?/m1/s1. The van der Waals surface area contributed by atoms with Crippen LogP contribution in [0.25, 0.3) is 11.3 Å². The number of rotatable bonds is 6. The van der Waals surface area contributed by atoms with Crippen molar-refractivity contribution < 1.29 is 9.90 Å². The average Bonchev–Trinajstić information content (AvgIpc) is 2.84. The molecule has 3 aromatic heterocycles. The van der Waals surface area contributed by atoms with Crippen LogP contribution in [0.4, 0.5) is 0 Å². The number of aromatic nitrogens is 4. The van der Waals surface area contributed by atoms with Crippen molar-refractivity contribution in [2.24, 2.45) is 0 Å². The van der Waals surface area contributed by atoms with Crippen LogP contribution >= 0.6 is 0 Å². The number of aryl methyl sites for hydroxylation is 2. The highest BCUT2D eigenvalue weighted by Crippen LogP contribution is 2.27. The van der Waals surface area contributed by atoms with E-state index in [1.54, 1.807) is 49.1 Å². The van der Waals surface area contributed by atoms with E-state index in [-0.39, 0.29) is 11.9 Å². The Bertz CT molecular complexity index is 1240. The van der Waals surface area contributed by atoms with Gasteiger partial charge in [-0.05, 0) is 68.3 Å². The molecule has 1 unspecified atom stereocenters. The maximum Gasteiger partial charge on any atom is 0.251 e. The lowest BCUT2D eigenvalue weighted by molar-refractivity contribution is 0.0939. The summed E-state index contributed by atoms with van der Waals surface area (Å²) < 4.78 is 0. The van der Waals surface area contributed by atoms with E-state index in [4.69, 9.17) is 0 Å². The summed E-state index contributed by atoms with van der Waals surface area (Å²) in [6, 6.07) is 14.2. The second-order valence-corrected chi connectivity index (χ2v) is 7.98. The second-order valence-electron chi connectivity index (χ2n) is 7.98. The molecule has 166 valence electrons. The van der Waals surface area contributed by atoms with E-state index in [0.717, 1.165) is 16.7 Å². The lowest BCUT2D eigenvalue weighted by Crippen LogP contribution is -2.27. The molecule has 4 aromatic rings. The first-order valence-corrected chi connectivity index (χ1v) is 10.7. The number of aliphatic hydroxyl groups is 1. The van der Waals surface area contributed by atoms with Gasteiger partial charge in [0.1, 0.15) is 11.9 Å². The van der Waals surface area contributed by atoms with Gasteiger partial charge in [-0.15, -0.1) is 0 Å². The summed E-state index contributed by atoms with van der Waals surface area (Å²) in [6.07, 6.45) is 5.83. The lowest BCUT2D eigenvalue weighted by Gasteiger charge is -2.17. The first kappa shape index (κ1) is 22.2. The van der Waals surface area contributed by atoms with Crippen LogP contribution in [0.2, 0.25) is 0 Å². The summed E-state index contributed by atoms with van der Waals surface area (Å²) in [5, 5.41) is 14.0. The number of nitrogens with zero attached hydrogens (tertiary/aromatic N) is 4. The lowest BCUT2D eigenvalue weighted by atomic mass is 9.97. The summed E-state index contributed by atoms with van der Waals surface area (Å²) in [5.74, 6) is 0.398. The highest BCUT2D eigenvalue weighted by molar-refractivity contribution is 5.96. The number of aliphatic hydroxyl groups excluding tert-OH is 1. The third kappa shape index (κ3) is 5.27. The van der Waals surface area contributed by atoms with Crippen molar-refractivity contribution in [2.45, 2.75) is 32.9 Å². The van der Waals surface area contributed by atoms with Gasteiger partial charge in [0.15, 0.2) is 0 Å². The number of nitrogens with one attached hydrogen (secondary N) is 1. The zero-order chi connectivity index (χ0) is 23.4. The van der Waals surface area contributed by atoms with Crippen molar-refractivity contribution in [1.29, 1.82) is 0 Å². The average molecular weight is 440 g/mol. The topological polar surface area (TPSA) is 101 Å². The molecule has 0 spiro atoms. The van der Waals surface area contributed by atoms with Crippen molar-refractivity contribution in [1.82, 2.24) is 25.3 Å². The molecule has 0 saturated heterocycles. The molecule has 7 heteroatoms. The monoisotopic (exact) mass is 439 g/mol. The Morgan fingerprint density at radius 1 is 0.909 bits per heavy atom. The fourth-order valence-corrected chi connectivity index (χ4v) is 3.43. The van der Waals surface area contributed by atoms with Gasteiger partial charge in [0.25, 0.3) is 5.91 Å². The number of amides is 1. The fraction of sp³-hybridized carbons (Fsp3) is 0.192. The van der Waals surface area contributed by atoms with Crippen molar-refractivity contribution in [3.8, 4) is 11.3 Å². The molecule has 4 rings (SSSR count).